The third-order valence-corrected chi connectivity index (χ3v) is 3.08. The predicted octanol–water partition coefficient (Wildman–Crippen LogP) is -0.0643. The van der Waals surface area contributed by atoms with E-state index in [1.807, 2.05) is 7.05 Å². The van der Waals surface area contributed by atoms with E-state index in [1.54, 1.807) is 17.3 Å². The molecule has 1 aromatic rings. The van der Waals surface area contributed by atoms with Crippen LogP contribution in [0.3, 0.4) is 0 Å². The maximum Gasteiger partial charge on any atom is 0.273 e. The van der Waals surface area contributed by atoms with Crippen molar-refractivity contribution in [3.05, 3.63) is 16.1 Å². The molecule has 1 aromatic heterocycles. The molecule has 0 radical (unpaired) electrons. The van der Waals surface area contributed by atoms with Gasteiger partial charge in [0.2, 0.25) is 0 Å². The molecule has 0 aliphatic rings. The largest absolute Gasteiger partial charge is 0.339 e. The van der Waals surface area contributed by atoms with E-state index in [9.17, 15) is 4.79 Å². The van der Waals surface area contributed by atoms with Crippen molar-refractivity contribution in [1.29, 1.82) is 0 Å². The van der Waals surface area contributed by atoms with Crippen LogP contribution in [0.1, 0.15) is 15.5 Å². The fourth-order valence-electron chi connectivity index (χ4n) is 1.22. The van der Waals surface area contributed by atoms with Gasteiger partial charge in [-0.05, 0) is 13.6 Å². The van der Waals surface area contributed by atoms with Gasteiger partial charge in [-0.25, -0.2) is 4.98 Å². The fourth-order valence-corrected chi connectivity index (χ4v) is 2.01. The quantitative estimate of drug-likeness (QED) is 0.733. The van der Waals surface area contributed by atoms with Crippen LogP contribution in [0.2, 0.25) is 0 Å². The standard InChI is InChI=1S/C10H18N4OS/c1-12-5-6-14(2)10(15)8-7-16-9(13-8)3-4-11/h7,12H,3-6,11H2,1-2H3. The molecule has 0 bridgehead atoms. The Bertz CT molecular complexity index is 339. The number of hydrogen-bond donors (Lipinski definition) is 2. The first-order valence-corrected chi connectivity index (χ1v) is 6.11. The lowest BCUT2D eigenvalue weighted by molar-refractivity contribution is 0.0791. The minimum absolute atomic E-state index is 0.0326. The molecule has 1 amide bonds. The number of nitrogens with two attached hydrogens (primary N) is 1. The smallest absolute Gasteiger partial charge is 0.273 e. The van der Waals surface area contributed by atoms with Gasteiger partial charge in [0.1, 0.15) is 5.69 Å². The van der Waals surface area contributed by atoms with E-state index in [-0.39, 0.29) is 5.91 Å². The molecule has 1 rings (SSSR count). The number of likely N-dealkylation sites (N-methyl/N-ethyl adjacent to an activating group) is 2. The monoisotopic (exact) mass is 242 g/mol. The molecule has 0 aliphatic heterocycles. The van der Waals surface area contributed by atoms with Crippen LogP contribution in [0, 0.1) is 0 Å². The second kappa shape index (κ2) is 6.57. The third-order valence-electron chi connectivity index (χ3n) is 2.17. The van der Waals surface area contributed by atoms with Crippen molar-refractivity contribution in [3.63, 3.8) is 0 Å². The third kappa shape index (κ3) is 3.55. The zero-order chi connectivity index (χ0) is 12.0. The summed E-state index contributed by atoms with van der Waals surface area (Å²) in [5.74, 6) is -0.0326. The van der Waals surface area contributed by atoms with Crippen molar-refractivity contribution in [2.75, 3.05) is 33.7 Å². The summed E-state index contributed by atoms with van der Waals surface area (Å²) in [6, 6.07) is 0. The first kappa shape index (κ1) is 13.1. The topological polar surface area (TPSA) is 71.2 Å². The molecular weight excluding hydrogens is 224 g/mol. The highest BCUT2D eigenvalue weighted by Crippen LogP contribution is 2.11. The molecule has 0 aliphatic carbocycles. The Morgan fingerprint density at radius 3 is 3.06 bits per heavy atom. The van der Waals surface area contributed by atoms with E-state index < -0.39 is 0 Å². The van der Waals surface area contributed by atoms with Crippen LogP contribution >= 0.6 is 11.3 Å². The molecule has 5 nitrogen and oxygen atoms in total. The molecule has 0 unspecified atom stereocenters. The highest BCUT2D eigenvalue weighted by molar-refractivity contribution is 7.09. The molecule has 1 heterocycles. The number of rotatable bonds is 6. The average Bonchev–Trinajstić information content (AvgIpc) is 2.74. The Morgan fingerprint density at radius 2 is 2.44 bits per heavy atom. The SMILES string of the molecule is CNCCN(C)C(=O)c1csc(CCN)n1. The highest BCUT2D eigenvalue weighted by Gasteiger charge is 2.14. The lowest BCUT2D eigenvalue weighted by Gasteiger charge is -2.15. The van der Waals surface area contributed by atoms with Gasteiger partial charge in [-0.1, -0.05) is 0 Å². The van der Waals surface area contributed by atoms with Crippen molar-refractivity contribution < 1.29 is 4.79 Å². The van der Waals surface area contributed by atoms with E-state index in [4.69, 9.17) is 5.73 Å². The van der Waals surface area contributed by atoms with Gasteiger partial charge in [0.25, 0.3) is 5.91 Å². The first-order valence-electron chi connectivity index (χ1n) is 5.23. The molecule has 0 atom stereocenters. The Kier molecular flexibility index (Phi) is 5.37. The number of carbonyl (C=O) groups excluding carboxylic acids is 1. The Labute approximate surface area is 99.7 Å². The van der Waals surface area contributed by atoms with Crippen LogP contribution in [0.5, 0.6) is 0 Å². The summed E-state index contributed by atoms with van der Waals surface area (Å²) in [5.41, 5.74) is 5.95. The fraction of sp³-hybridized carbons (Fsp3) is 0.600. The van der Waals surface area contributed by atoms with Crippen molar-refractivity contribution in [3.8, 4) is 0 Å². The Balaban J connectivity index is 2.57. The number of carbonyl (C=O) groups is 1. The minimum atomic E-state index is -0.0326. The first-order chi connectivity index (χ1) is 7.69. The summed E-state index contributed by atoms with van der Waals surface area (Å²) in [5, 5.41) is 5.72. The molecular formula is C10H18N4OS. The zero-order valence-electron chi connectivity index (χ0n) is 9.69. The minimum Gasteiger partial charge on any atom is -0.339 e. The van der Waals surface area contributed by atoms with Crippen LogP contribution in [-0.2, 0) is 6.42 Å². The van der Waals surface area contributed by atoms with E-state index >= 15 is 0 Å². The van der Waals surface area contributed by atoms with Crippen LogP contribution in [-0.4, -0.2) is 49.5 Å². The zero-order valence-corrected chi connectivity index (χ0v) is 10.5. The van der Waals surface area contributed by atoms with Gasteiger partial charge in [0, 0.05) is 31.9 Å². The van der Waals surface area contributed by atoms with Gasteiger partial charge in [-0.15, -0.1) is 11.3 Å². The summed E-state index contributed by atoms with van der Waals surface area (Å²) in [6.45, 7) is 2.03. The lowest BCUT2D eigenvalue weighted by Crippen LogP contribution is -2.32. The lowest BCUT2D eigenvalue weighted by atomic mass is 10.4. The molecule has 0 spiro atoms. The molecule has 6 heteroatoms. The summed E-state index contributed by atoms with van der Waals surface area (Å²) >= 11 is 1.49. The van der Waals surface area contributed by atoms with Crippen LogP contribution < -0.4 is 11.1 Å². The maximum absolute atomic E-state index is 11.9. The molecule has 0 saturated carbocycles. The van der Waals surface area contributed by atoms with Gasteiger partial charge in [0.15, 0.2) is 0 Å². The number of hydrogen-bond acceptors (Lipinski definition) is 5. The van der Waals surface area contributed by atoms with Gasteiger partial charge >= 0.3 is 0 Å². The van der Waals surface area contributed by atoms with Crippen LogP contribution in [0.4, 0.5) is 0 Å². The van der Waals surface area contributed by atoms with Gasteiger partial charge < -0.3 is 16.0 Å². The number of nitrogens with one attached hydrogen (secondary N) is 1. The van der Waals surface area contributed by atoms with Gasteiger partial charge in [-0.2, -0.15) is 0 Å². The molecule has 0 saturated heterocycles. The van der Waals surface area contributed by atoms with E-state index in [0.717, 1.165) is 18.0 Å². The molecule has 3 N–H and O–H groups in total. The summed E-state index contributed by atoms with van der Waals surface area (Å²) in [6.07, 6.45) is 0.734. The van der Waals surface area contributed by atoms with Gasteiger partial charge in [0.05, 0.1) is 5.01 Å². The predicted molar refractivity (Wildman–Crippen MR) is 65.8 cm³/mol. The van der Waals surface area contributed by atoms with E-state index in [0.29, 0.717) is 18.8 Å². The van der Waals surface area contributed by atoms with Crippen molar-refractivity contribution in [1.82, 2.24) is 15.2 Å². The molecule has 0 fully saturated rings. The Morgan fingerprint density at radius 1 is 1.69 bits per heavy atom. The number of nitrogens with zero attached hydrogens (tertiary/aromatic N) is 2. The van der Waals surface area contributed by atoms with Crippen molar-refractivity contribution in [2.45, 2.75) is 6.42 Å². The number of aromatic nitrogens is 1. The average molecular weight is 242 g/mol. The van der Waals surface area contributed by atoms with Gasteiger partial charge in [-0.3, -0.25) is 4.79 Å². The molecule has 16 heavy (non-hydrogen) atoms. The second-order valence-corrected chi connectivity index (χ2v) is 4.44. The van der Waals surface area contributed by atoms with Crippen molar-refractivity contribution >= 4 is 17.2 Å². The number of amides is 1. The molecule has 0 aromatic carbocycles. The van der Waals surface area contributed by atoms with Crippen molar-refractivity contribution in [2.24, 2.45) is 5.73 Å². The molecule has 90 valence electrons. The van der Waals surface area contributed by atoms with Crippen LogP contribution in [0.15, 0.2) is 5.38 Å². The highest BCUT2D eigenvalue weighted by atomic mass is 32.1. The summed E-state index contributed by atoms with van der Waals surface area (Å²) in [4.78, 5) is 17.8. The second-order valence-electron chi connectivity index (χ2n) is 3.50. The normalized spacial score (nSPS) is 10.4. The summed E-state index contributed by atoms with van der Waals surface area (Å²) in [7, 11) is 3.64. The van der Waals surface area contributed by atoms with Crippen LogP contribution in [0.25, 0.3) is 0 Å². The maximum atomic E-state index is 11.9. The number of thiazole rings is 1. The van der Waals surface area contributed by atoms with E-state index in [1.165, 1.54) is 11.3 Å². The Hall–Kier alpha value is -0.980. The van der Waals surface area contributed by atoms with E-state index in [2.05, 4.69) is 10.3 Å². The summed E-state index contributed by atoms with van der Waals surface area (Å²) < 4.78 is 0.